The van der Waals surface area contributed by atoms with Crippen molar-refractivity contribution in [1.82, 2.24) is 0 Å². The van der Waals surface area contributed by atoms with Gasteiger partial charge in [-0.15, -0.1) is 0 Å². The molecule has 0 N–H and O–H groups in total. The van der Waals surface area contributed by atoms with Gasteiger partial charge in [-0.3, -0.25) is 9.59 Å². The topological polar surface area (TPSA) is 43.4 Å². The van der Waals surface area contributed by atoms with E-state index in [-0.39, 0.29) is 29.7 Å². The number of ketones is 1. The van der Waals surface area contributed by atoms with Crippen LogP contribution in [0.3, 0.4) is 0 Å². The highest BCUT2D eigenvalue weighted by Crippen LogP contribution is 2.35. The maximum atomic E-state index is 11.6. The number of esters is 1. The molecule has 2 rings (SSSR count). The highest BCUT2D eigenvalue weighted by Gasteiger charge is 2.38. The lowest BCUT2D eigenvalue weighted by Gasteiger charge is -2.32. The van der Waals surface area contributed by atoms with Crippen LogP contribution in [0.1, 0.15) is 46.0 Å². The molecule has 0 bridgehead atoms. The van der Waals surface area contributed by atoms with Crippen molar-refractivity contribution in [3.8, 4) is 0 Å². The number of hydrogen-bond donors (Lipinski definition) is 0. The zero-order chi connectivity index (χ0) is 11.7. The highest BCUT2D eigenvalue weighted by molar-refractivity contribution is 5.80. The van der Waals surface area contributed by atoms with E-state index in [2.05, 4.69) is 6.92 Å². The Hall–Kier alpha value is -0.860. The molecule has 3 atom stereocenters. The summed E-state index contributed by atoms with van der Waals surface area (Å²) in [4.78, 5) is 23.1. The van der Waals surface area contributed by atoms with E-state index in [1.54, 1.807) is 6.92 Å². The molecule has 3 unspecified atom stereocenters. The van der Waals surface area contributed by atoms with Crippen molar-refractivity contribution in [3.05, 3.63) is 0 Å². The summed E-state index contributed by atoms with van der Waals surface area (Å²) < 4.78 is 5.50. The van der Waals surface area contributed by atoms with Gasteiger partial charge in [-0.2, -0.15) is 0 Å². The molecule has 2 saturated carbocycles. The fourth-order valence-electron chi connectivity index (χ4n) is 2.49. The van der Waals surface area contributed by atoms with Crippen LogP contribution in [-0.4, -0.2) is 17.9 Å². The molecule has 0 radical (unpaired) electrons. The second-order valence-electron chi connectivity index (χ2n) is 5.38. The number of hydrogen-bond acceptors (Lipinski definition) is 3. The minimum atomic E-state index is -0.158. The van der Waals surface area contributed by atoms with E-state index < -0.39 is 0 Å². The zero-order valence-electron chi connectivity index (χ0n) is 10.1. The van der Waals surface area contributed by atoms with Gasteiger partial charge in [0.25, 0.3) is 0 Å². The van der Waals surface area contributed by atoms with Crippen LogP contribution in [0.5, 0.6) is 0 Å². The second kappa shape index (κ2) is 4.56. The molecular weight excluding hydrogens is 204 g/mol. The van der Waals surface area contributed by atoms with Crippen LogP contribution in [0.15, 0.2) is 0 Å². The predicted molar refractivity (Wildman–Crippen MR) is 59.8 cm³/mol. The molecular formula is C13H20O3. The molecule has 0 aromatic carbocycles. The Bertz CT molecular complexity index is 294. The number of ether oxygens (including phenoxy) is 1. The Labute approximate surface area is 96.5 Å². The molecule has 2 aliphatic rings. The lowest BCUT2D eigenvalue weighted by molar-refractivity contribution is -0.157. The van der Waals surface area contributed by atoms with Gasteiger partial charge >= 0.3 is 5.97 Å². The first-order chi connectivity index (χ1) is 7.58. The van der Waals surface area contributed by atoms with Gasteiger partial charge in [0, 0.05) is 0 Å². The Morgan fingerprint density at radius 1 is 1.12 bits per heavy atom. The van der Waals surface area contributed by atoms with Gasteiger partial charge in [0.05, 0.1) is 11.8 Å². The fraction of sp³-hybridized carbons (Fsp3) is 0.846. The third-order valence-corrected chi connectivity index (χ3v) is 3.75. The lowest BCUT2D eigenvalue weighted by atomic mass is 9.79. The van der Waals surface area contributed by atoms with Crippen LogP contribution in [0.25, 0.3) is 0 Å². The van der Waals surface area contributed by atoms with Gasteiger partial charge in [-0.25, -0.2) is 0 Å². The summed E-state index contributed by atoms with van der Waals surface area (Å²) in [7, 11) is 0. The summed E-state index contributed by atoms with van der Waals surface area (Å²) in [5.74, 6) is 0.724. The van der Waals surface area contributed by atoms with Crippen LogP contribution in [-0.2, 0) is 14.3 Å². The molecule has 2 fully saturated rings. The minimum absolute atomic E-state index is 0.0566. The van der Waals surface area contributed by atoms with Crippen LogP contribution in [0.2, 0.25) is 0 Å². The molecule has 0 aliphatic heterocycles. The largest absolute Gasteiger partial charge is 0.461 e. The van der Waals surface area contributed by atoms with Gasteiger partial charge in [-0.05, 0) is 44.9 Å². The number of carbonyl (C=O) groups is 2. The fourth-order valence-corrected chi connectivity index (χ4v) is 2.49. The molecule has 2 aliphatic carbocycles. The van der Waals surface area contributed by atoms with E-state index in [9.17, 15) is 9.59 Å². The summed E-state index contributed by atoms with van der Waals surface area (Å²) in [6.45, 7) is 3.77. The molecule has 90 valence electrons. The highest BCUT2D eigenvalue weighted by atomic mass is 16.5. The Balaban J connectivity index is 1.96. The smallest absolute Gasteiger partial charge is 0.309 e. The van der Waals surface area contributed by atoms with E-state index >= 15 is 0 Å². The number of carbonyl (C=O) groups excluding carboxylic acids is 2. The first-order valence-electron chi connectivity index (χ1n) is 6.29. The zero-order valence-corrected chi connectivity index (χ0v) is 10.1. The first kappa shape index (κ1) is 11.6. The molecule has 3 nitrogen and oxygen atoms in total. The van der Waals surface area contributed by atoms with Gasteiger partial charge in [-0.1, -0.05) is 6.92 Å². The lowest BCUT2D eigenvalue weighted by Crippen LogP contribution is -2.37. The normalized spacial score (nSPS) is 34.5. The van der Waals surface area contributed by atoms with Crippen LogP contribution in [0, 0.1) is 17.8 Å². The van der Waals surface area contributed by atoms with Gasteiger partial charge in [0.1, 0.15) is 11.9 Å². The van der Waals surface area contributed by atoms with E-state index in [4.69, 9.17) is 4.74 Å². The molecule has 0 spiro atoms. The first-order valence-corrected chi connectivity index (χ1v) is 6.29. The summed E-state index contributed by atoms with van der Waals surface area (Å²) >= 11 is 0. The molecule has 0 aromatic rings. The Morgan fingerprint density at radius 2 is 1.81 bits per heavy atom. The Morgan fingerprint density at radius 3 is 2.38 bits per heavy atom. The average Bonchev–Trinajstić information content (AvgIpc) is 2.99. The average molecular weight is 224 g/mol. The molecule has 3 heteroatoms. The summed E-state index contributed by atoms with van der Waals surface area (Å²) in [6, 6.07) is 0. The van der Waals surface area contributed by atoms with Crippen molar-refractivity contribution < 1.29 is 14.3 Å². The van der Waals surface area contributed by atoms with E-state index in [1.807, 2.05) is 0 Å². The van der Waals surface area contributed by atoms with E-state index in [1.165, 1.54) is 0 Å². The van der Waals surface area contributed by atoms with E-state index in [0.717, 1.165) is 32.1 Å². The number of Topliss-reactive ketones (excluding diaryl/α,β-unsaturated/α-hetero) is 1. The minimum Gasteiger partial charge on any atom is -0.461 e. The molecule has 0 aromatic heterocycles. The maximum Gasteiger partial charge on any atom is 0.309 e. The number of rotatable bonds is 3. The monoisotopic (exact) mass is 224 g/mol. The molecule has 0 saturated heterocycles. The summed E-state index contributed by atoms with van der Waals surface area (Å²) in [5.41, 5.74) is 0. The molecule has 0 amide bonds. The van der Waals surface area contributed by atoms with Crippen molar-refractivity contribution in [1.29, 1.82) is 0 Å². The maximum absolute atomic E-state index is 11.6. The SMILES string of the molecule is CC(=O)C1CCC(C)CC1OC(=O)C1CC1. The van der Waals surface area contributed by atoms with Gasteiger partial charge < -0.3 is 4.74 Å². The van der Waals surface area contributed by atoms with Crippen molar-refractivity contribution in [2.75, 3.05) is 0 Å². The van der Waals surface area contributed by atoms with Crippen LogP contribution in [0.4, 0.5) is 0 Å². The van der Waals surface area contributed by atoms with Crippen LogP contribution >= 0.6 is 0 Å². The summed E-state index contributed by atoms with van der Waals surface area (Å²) in [6.07, 6.45) is 4.57. The van der Waals surface area contributed by atoms with Crippen molar-refractivity contribution in [2.45, 2.75) is 52.1 Å². The van der Waals surface area contributed by atoms with Gasteiger partial charge in [0.2, 0.25) is 0 Å². The third-order valence-electron chi connectivity index (χ3n) is 3.75. The van der Waals surface area contributed by atoms with Gasteiger partial charge in [0.15, 0.2) is 0 Å². The molecule has 16 heavy (non-hydrogen) atoms. The second-order valence-corrected chi connectivity index (χ2v) is 5.38. The van der Waals surface area contributed by atoms with E-state index in [0.29, 0.717) is 5.92 Å². The van der Waals surface area contributed by atoms with Crippen molar-refractivity contribution in [2.24, 2.45) is 17.8 Å². The summed E-state index contributed by atoms with van der Waals surface area (Å²) in [5, 5.41) is 0. The Kier molecular flexibility index (Phi) is 3.31. The van der Waals surface area contributed by atoms with Crippen LogP contribution < -0.4 is 0 Å². The quantitative estimate of drug-likeness (QED) is 0.691. The van der Waals surface area contributed by atoms with Crippen molar-refractivity contribution in [3.63, 3.8) is 0 Å². The predicted octanol–water partition coefficient (Wildman–Crippen LogP) is 2.33. The van der Waals surface area contributed by atoms with Crippen molar-refractivity contribution >= 4 is 11.8 Å². The molecule has 0 heterocycles. The third kappa shape index (κ3) is 2.63. The standard InChI is InChI=1S/C13H20O3/c1-8-3-6-11(9(2)14)12(7-8)16-13(15)10-4-5-10/h8,10-12H,3-7H2,1-2H3.